The van der Waals surface area contributed by atoms with Crippen LogP contribution in [0.3, 0.4) is 0 Å². The van der Waals surface area contributed by atoms with Crippen molar-refractivity contribution in [3.8, 4) is 0 Å². The summed E-state index contributed by atoms with van der Waals surface area (Å²) in [5, 5.41) is 0.374. The molecule has 0 fully saturated rings. The predicted octanol–water partition coefficient (Wildman–Crippen LogP) is 3.86. The number of hydrogen-bond donors (Lipinski definition) is 2. The Morgan fingerprint density at radius 1 is 1.37 bits per heavy atom. The third kappa shape index (κ3) is 3.22. The summed E-state index contributed by atoms with van der Waals surface area (Å²) in [7, 11) is -3.63. The van der Waals surface area contributed by atoms with E-state index in [1.54, 1.807) is 18.2 Å². The lowest BCUT2D eigenvalue weighted by molar-refractivity contribution is 0.603. The topological polar surface area (TPSA) is 72.2 Å². The molecule has 0 unspecified atom stereocenters. The number of halogens is 2. The highest BCUT2D eigenvalue weighted by atomic mass is 79.9. The van der Waals surface area contributed by atoms with Gasteiger partial charge in [0.2, 0.25) is 0 Å². The minimum Gasteiger partial charge on any atom is -0.399 e. The van der Waals surface area contributed by atoms with Crippen molar-refractivity contribution in [3.63, 3.8) is 0 Å². The lowest BCUT2D eigenvalue weighted by atomic mass is 10.2. The molecule has 0 aliphatic heterocycles. The van der Waals surface area contributed by atoms with Crippen LogP contribution in [0.2, 0.25) is 5.02 Å². The van der Waals surface area contributed by atoms with E-state index in [0.29, 0.717) is 20.2 Å². The van der Waals surface area contributed by atoms with E-state index < -0.39 is 10.0 Å². The molecular weight excluding hydrogens is 372 g/mol. The van der Waals surface area contributed by atoms with Gasteiger partial charge in [0.15, 0.2) is 0 Å². The van der Waals surface area contributed by atoms with E-state index in [2.05, 4.69) is 20.7 Å². The number of benzene rings is 1. The molecule has 1 aromatic carbocycles. The van der Waals surface area contributed by atoms with Gasteiger partial charge in [0.1, 0.15) is 4.21 Å². The summed E-state index contributed by atoms with van der Waals surface area (Å²) in [5.74, 6) is 0. The molecule has 19 heavy (non-hydrogen) atoms. The molecule has 8 heteroatoms. The fraction of sp³-hybridized carbons (Fsp3) is 0.0909. The van der Waals surface area contributed by atoms with Crippen molar-refractivity contribution < 1.29 is 8.42 Å². The van der Waals surface area contributed by atoms with E-state index in [-0.39, 0.29) is 4.21 Å². The standard InChI is InChI=1S/C11H10BrClN2O2S2/c1-6-4-7(2-3-9(6)14)15-19(16,17)10-5-8(13)11(12)18-10/h2-5,15H,14H2,1H3. The Morgan fingerprint density at radius 2 is 2.05 bits per heavy atom. The molecular formula is C11H10BrClN2O2S2. The zero-order valence-electron chi connectivity index (χ0n) is 9.78. The Bertz CT molecular complexity index is 709. The molecule has 1 heterocycles. The zero-order valence-corrected chi connectivity index (χ0v) is 13.8. The molecule has 0 amide bonds. The average molecular weight is 382 g/mol. The molecule has 0 saturated carbocycles. The number of thiophene rings is 1. The van der Waals surface area contributed by atoms with Crippen LogP contribution >= 0.6 is 38.9 Å². The third-order valence-electron chi connectivity index (χ3n) is 2.41. The number of nitrogen functional groups attached to an aromatic ring is 1. The maximum absolute atomic E-state index is 12.2. The van der Waals surface area contributed by atoms with Crippen molar-refractivity contribution in [3.05, 3.63) is 38.6 Å². The summed E-state index contributed by atoms with van der Waals surface area (Å²) in [5.41, 5.74) is 7.58. The number of hydrogen-bond acceptors (Lipinski definition) is 4. The van der Waals surface area contributed by atoms with Crippen LogP contribution in [0.5, 0.6) is 0 Å². The van der Waals surface area contributed by atoms with Crippen LogP contribution < -0.4 is 10.5 Å². The number of aryl methyl sites for hydroxylation is 1. The SMILES string of the molecule is Cc1cc(NS(=O)(=O)c2cc(Cl)c(Br)s2)ccc1N. The van der Waals surface area contributed by atoms with Gasteiger partial charge in [0.05, 0.1) is 8.81 Å². The Morgan fingerprint density at radius 3 is 2.58 bits per heavy atom. The van der Waals surface area contributed by atoms with E-state index >= 15 is 0 Å². The first-order chi connectivity index (χ1) is 8.79. The van der Waals surface area contributed by atoms with Gasteiger partial charge in [0.25, 0.3) is 10.0 Å². The van der Waals surface area contributed by atoms with Gasteiger partial charge in [0, 0.05) is 11.4 Å². The largest absolute Gasteiger partial charge is 0.399 e. The highest BCUT2D eigenvalue weighted by molar-refractivity contribution is 9.11. The number of rotatable bonds is 3. The van der Waals surface area contributed by atoms with Crippen LogP contribution in [-0.2, 0) is 10.0 Å². The van der Waals surface area contributed by atoms with Crippen LogP contribution in [0.25, 0.3) is 0 Å². The zero-order chi connectivity index (χ0) is 14.2. The maximum Gasteiger partial charge on any atom is 0.271 e. The second-order valence-electron chi connectivity index (χ2n) is 3.86. The van der Waals surface area contributed by atoms with Gasteiger partial charge in [-0.1, -0.05) is 11.6 Å². The van der Waals surface area contributed by atoms with Crippen LogP contribution in [0.1, 0.15) is 5.56 Å². The normalized spacial score (nSPS) is 11.5. The minimum atomic E-state index is -3.63. The van der Waals surface area contributed by atoms with Crippen molar-refractivity contribution in [1.29, 1.82) is 0 Å². The summed E-state index contributed by atoms with van der Waals surface area (Å²) in [6.07, 6.45) is 0. The molecule has 2 rings (SSSR count). The quantitative estimate of drug-likeness (QED) is 0.793. The molecule has 2 aromatic rings. The Kier molecular flexibility index (Phi) is 4.10. The molecule has 4 nitrogen and oxygen atoms in total. The monoisotopic (exact) mass is 380 g/mol. The van der Waals surface area contributed by atoms with Crippen LogP contribution in [0.15, 0.2) is 32.3 Å². The van der Waals surface area contributed by atoms with Crippen molar-refractivity contribution >= 4 is 60.3 Å². The smallest absolute Gasteiger partial charge is 0.271 e. The average Bonchev–Trinajstić information content (AvgIpc) is 2.65. The molecule has 0 aliphatic rings. The number of anilines is 2. The van der Waals surface area contributed by atoms with E-state index in [1.807, 2.05) is 6.92 Å². The first-order valence-corrected chi connectivity index (χ1v) is 8.60. The van der Waals surface area contributed by atoms with Crippen molar-refractivity contribution in [2.45, 2.75) is 11.1 Å². The second kappa shape index (κ2) is 5.32. The lowest BCUT2D eigenvalue weighted by Gasteiger charge is -2.08. The van der Waals surface area contributed by atoms with E-state index in [4.69, 9.17) is 17.3 Å². The summed E-state index contributed by atoms with van der Waals surface area (Å²) in [6.45, 7) is 1.81. The van der Waals surface area contributed by atoms with Gasteiger partial charge < -0.3 is 5.73 Å². The summed E-state index contributed by atoms with van der Waals surface area (Å²) < 4.78 is 27.5. The number of nitrogens with one attached hydrogen (secondary N) is 1. The van der Waals surface area contributed by atoms with E-state index in [9.17, 15) is 8.42 Å². The van der Waals surface area contributed by atoms with Gasteiger partial charge in [-0.25, -0.2) is 8.42 Å². The van der Waals surface area contributed by atoms with Gasteiger partial charge in [-0.2, -0.15) is 0 Å². The van der Waals surface area contributed by atoms with Gasteiger partial charge in [-0.15, -0.1) is 11.3 Å². The molecule has 1 aromatic heterocycles. The highest BCUT2D eigenvalue weighted by Crippen LogP contribution is 2.35. The highest BCUT2D eigenvalue weighted by Gasteiger charge is 2.19. The van der Waals surface area contributed by atoms with E-state index in [0.717, 1.165) is 16.9 Å². The molecule has 102 valence electrons. The first-order valence-electron chi connectivity index (χ1n) is 5.13. The van der Waals surface area contributed by atoms with Crippen molar-refractivity contribution in [2.75, 3.05) is 10.5 Å². The fourth-order valence-corrected chi connectivity index (χ4v) is 4.85. The van der Waals surface area contributed by atoms with E-state index in [1.165, 1.54) is 6.07 Å². The predicted molar refractivity (Wildman–Crippen MR) is 83.4 cm³/mol. The van der Waals surface area contributed by atoms with Crippen molar-refractivity contribution in [1.82, 2.24) is 0 Å². The van der Waals surface area contributed by atoms with Crippen molar-refractivity contribution in [2.24, 2.45) is 0 Å². The molecule has 0 radical (unpaired) electrons. The minimum absolute atomic E-state index is 0.152. The molecule has 0 aliphatic carbocycles. The fourth-order valence-electron chi connectivity index (χ4n) is 1.40. The number of sulfonamides is 1. The molecule has 0 atom stereocenters. The Hall–Kier alpha value is -0.760. The molecule has 0 saturated heterocycles. The summed E-state index contributed by atoms with van der Waals surface area (Å²) >= 11 is 10.1. The second-order valence-corrected chi connectivity index (χ2v) is 8.55. The van der Waals surface area contributed by atoms with Crippen LogP contribution in [0.4, 0.5) is 11.4 Å². The third-order valence-corrected chi connectivity index (χ3v) is 6.74. The molecule has 0 bridgehead atoms. The summed E-state index contributed by atoms with van der Waals surface area (Å²) in [6, 6.07) is 6.36. The summed E-state index contributed by atoms with van der Waals surface area (Å²) in [4.78, 5) is 0. The van der Waals surface area contributed by atoms with Gasteiger partial charge >= 0.3 is 0 Å². The Labute approximate surface area is 128 Å². The lowest BCUT2D eigenvalue weighted by Crippen LogP contribution is -2.11. The maximum atomic E-state index is 12.2. The molecule has 3 N–H and O–H groups in total. The van der Waals surface area contributed by atoms with Crippen LogP contribution in [-0.4, -0.2) is 8.42 Å². The first kappa shape index (κ1) is 14.6. The Balaban J connectivity index is 2.33. The van der Waals surface area contributed by atoms with Crippen LogP contribution in [0, 0.1) is 6.92 Å². The number of nitrogens with two attached hydrogens (primary N) is 1. The van der Waals surface area contributed by atoms with Gasteiger partial charge in [-0.3, -0.25) is 4.72 Å². The molecule has 0 spiro atoms. The van der Waals surface area contributed by atoms with Gasteiger partial charge in [-0.05, 0) is 52.7 Å².